The van der Waals surface area contributed by atoms with Gasteiger partial charge in [-0.2, -0.15) is 0 Å². The predicted octanol–water partition coefficient (Wildman–Crippen LogP) is 1.73. The minimum atomic E-state index is -0.0356. The molecule has 0 aliphatic carbocycles. The lowest BCUT2D eigenvalue weighted by atomic mass is 10.2. The molecule has 2 saturated heterocycles. The first kappa shape index (κ1) is 23.9. The Balaban J connectivity index is 0.00000300. The Hall–Kier alpha value is -1.33. The van der Waals surface area contributed by atoms with E-state index in [9.17, 15) is 4.79 Å². The van der Waals surface area contributed by atoms with Crippen molar-refractivity contribution in [1.29, 1.82) is 0 Å². The molecule has 2 aliphatic rings. The standard InChI is InChI=1S/C19H29ClN6O2.HI/c1-25(2)17(27)12-23-19(22-11-15-5-4-10-28-15)24-14-7-9-26(13-14)18-16(20)6-3-8-21-18;/h3,6,8,14-15H,4-5,7,9-13H2,1-2H3,(H2,22,23,24);1H. The topological polar surface area (TPSA) is 82.1 Å². The average molecular weight is 537 g/mol. The highest BCUT2D eigenvalue weighted by molar-refractivity contribution is 14.0. The maximum atomic E-state index is 11.9. The third-order valence-electron chi connectivity index (χ3n) is 4.96. The van der Waals surface area contributed by atoms with Crippen LogP contribution < -0.4 is 15.5 Å². The zero-order chi connectivity index (χ0) is 19.9. The molecule has 1 aromatic rings. The van der Waals surface area contributed by atoms with Gasteiger partial charge in [-0.15, -0.1) is 24.0 Å². The number of anilines is 1. The Morgan fingerprint density at radius 2 is 2.28 bits per heavy atom. The Bertz CT molecular complexity index is 699. The Kier molecular flexibility index (Phi) is 9.70. The molecule has 10 heteroatoms. The van der Waals surface area contributed by atoms with Crippen LogP contribution in [-0.4, -0.2) is 80.8 Å². The van der Waals surface area contributed by atoms with Crippen molar-refractivity contribution in [1.82, 2.24) is 20.5 Å². The van der Waals surface area contributed by atoms with Gasteiger partial charge in [-0.25, -0.2) is 9.98 Å². The summed E-state index contributed by atoms with van der Waals surface area (Å²) in [5.74, 6) is 1.42. The zero-order valence-corrected chi connectivity index (χ0v) is 20.0. The van der Waals surface area contributed by atoms with Gasteiger partial charge >= 0.3 is 0 Å². The fourth-order valence-corrected chi connectivity index (χ4v) is 3.57. The quantitative estimate of drug-likeness (QED) is 0.327. The third kappa shape index (κ3) is 7.14. The van der Waals surface area contributed by atoms with Crippen molar-refractivity contribution < 1.29 is 9.53 Å². The molecule has 29 heavy (non-hydrogen) atoms. The van der Waals surface area contributed by atoms with Crippen molar-refractivity contribution in [3.63, 3.8) is 0 Å². The van der Waals surface area contributed by atoms with Crippen LogP contribution in [0.15, 0.2) is 23.3 Å². The summed E-state index contributed by atoms with van der Waals surface area (Å²) in [7, 11) is 3.46. The van der Waals surface area contributed by atoms with Crippen molar-refractivity contribution in [3.8, 4) is 0 Å². The van der Waals surface area contributed by atoms with E-state index in [-0.39, 0.29) is 48.6 Å². The number of nitrogens with zero attached hydrogens (tertiary/aromatic N) is 4. The summed E-state index contributed by atoms with van der Waals surface area (Å²) in [4.78, 5) is 24.5. The first-order valence-electron chi connectivity index (χ1n) is 9.75. The number of rotatable bonds is 6. The summed E-state index contributed by atoms with van der Waals surface area (Å²) in [6.45, 7) is 3.25. The molecular weight excluding hydrogens is 507 g/mol. The molecule has 1 amide bonds. The van der Waals surface area contributed by atoms with E-state index >= 15 is 0 Å². The number of guanidine groups is 1. The molecule has 0 radical (unpaired) electrons. The molecule has 2 fully saturated rings. The van der Waals surface area contributed by atoms with Crippen molar-refractivity contribution in [2.24, 2.45) is 4.99 Å². The summed E-state index contributed by atoms with van der Waals surface area (Å²) < 4.78 is 5.67. The number of nitrogens with one attached hydrogen (secondary N) is 2. The maximum absolute atomic E-state index is 11.9. The molecule has 2 atom stereocenters. The van der Waals surface area contributed by atoms with E-state index < -0.39 is 0 Å². The van der Waals surface area contributed by atoms with Crippen LogP contribution in [0.5, 0.6) is 0 Å². The second-order valence-electron chi connectivity index (χ2n) is 7.35. The van der Waals surface area contributed by atoms with Gasteiger partial charge in [-0.05, 0) is 31.4 Å². The van der Waals surface area contributed by atoms with Gasteiger partial charge in [0.1, 0.15) is 12.4 Å². The van der Waals surface area contributed by atoms with Crippen molar-refractivity contribution in [3.05, 3.63) is 23.4 Å². The molecule has 0 bridgehead atoms. The average Bonchev–Trinajstić information content (AvgIpc) is 3.36. The van der Waals surface area contributed by atoms with Crippen molar-refractivity contribution >= 4 is 53.3 Å². The van der Waals surface area contributed by atoms with Gasteiger partial charge in [0.2, 0.25) is 5.91 Å². The van der Waals surface area contributed by atoms with Crippen LogP contribution in [0.4, 0.5) is 5.82 Å². The van der Waals surface area contributed by atoms with Gasteiger partial charge in [0.15, 0.2) is 5.96 Å². The highest BCUT2D eigenvalue weighted by Crippen LogP contribution is 2.25. The predicted molar refractivity (Wildman–Crippen MR) is 126 cm³/mol. The molecule has 3 rings (SSSR count). The lowest BCUT2D eigenvalue weighted by Crippen LogP contribution is -2.47. The minimum Gasteiger partial charge on any atom is -0.376 e. The summed E-state index contributed by atoms with van der Waals surface area (Å²) in [5.41, 5.74) is 0. The Morgan fingerprint density at radius 3 is 2.97 bits per heavy atom. The summed E-state index contributed by atoms with van der Waals surface area (Å²) >= 11 is 6.28. The van der Waals surface area contributed by atoms with Crippen LogP contribution in [-0.2, 0) is 9.53 Å². The largest absolute Gasteiger partial charge is 0.376 e. The van der Waals surface area contributed by atoms with E-state index in [1.54, 1.807) is 25.2 Å². The summed E-state index contributed by atoms with van der Waals surface area (Å²) in [6.07, 6.45) is 5.03. The number of halogens is 2. The monoisotopic (exact) mass is 536 g/mol. The highest BCUT2D eigenvalue weighted by Gasteiger charge is 2.26. The van der Waals surface area contributed by atoms with Crippen LogP contribution in [0.1, 0.15) is 19.3 Å². The van der Waals surface area contributed by atoms with Crippen LogP contribution >= 0.6 is 35.6 Å². The van der Waals surface area contributed by atoms with Gasteiger partial charge in [0.25, 0.3) is 0 Å². The number of hydrogen-bond acceptors (Lipinski definition) is 5. The molecule has 1 aromatic heterocycles. The molecule has 2 N–H and O–H groups in total. The van der Waals surface area contributed by atoms with Crippen LogP contribution in [0.2, 0.25) is 5.02 Å². The number of carbonyl (C=O) groups is 1. The van der Waals surface area contributed by atoms with E-state index in [0.29, 0.717) is 17.5 Å². The Labute approximate surface area is 194 Å². The summed E-state index contributed by atoms with van der Waals surface area (Å²) in [5, 5.41) is 7.44. The van der Waals surface area contributed by atoms with Crippen molar-refractivity contribution in [2.75, 3.05) is 51.8 Å². The molecule has 2 aliphatic heterocycles. The first-order valence-corrected chi connectivity index (χ1v) is 10.1. The second-order valence-corrected chi connectivity index (χ2v) is 7.76. The molecule has 162 valence electrons. The van der Waals surface area contributed by atoms with Crippen LogP contribution in [0, 0.1) is 0 Å². The van der Waals surface area contributed by atoms with Crippen LogP contribution in [0.3, 0.4) is 0 Å². The number of amides is 1. The number of aliphatic imine (C=N–C) groups is 1. The van der Waals surface area contributed by atoms with E-state index in [1.807, 2.05) is 12.1 Å². The Morgan fingerprint density at radius 1 is 1.45 bits per heavy atom. The lowest BCUT2D eigenvalue weighted by Gasteiger charge is -2.21. The molecule has 8 nitrogen and oxygen atoms in total. The number of aromatic nitrogens is 1. The van der Waals surface area contributed by atoms with Gasteiger partial charge in [0.05, 0.1) is 11.1 Å². The molecular formula is C19H30ClIN6O2. The maximum Gasteiger partial charge on any atom is 0.243 e. The SMILES string of the molecule is CN(C)C(=O)CN=C(NCC1CCCO1)NC1CCN(c2ncccc2Cl)C1.I. The van der Waals surface area contributed by atoms with Gasteiger partial charge in [-0.3, -0.25) is 4.79 Å². The lowest BCUT2D eigenvalue weighted by molar-refractivity contribution is -0.127. The highest BCUT2D eigenvalue weighted by atomic mass is 127. The summed E-state index contributed by atoms with van der Waals surface area (Å²) in [6, 6.07) is 3.88. The van der Waals surface area contributed by atoms with E-state index in [2.05, 4.69) is 25.5 Å². The zero-order valence-electron chi connectivity index (χ0n) is 16.9. The van der Waals surface area contributed by atoms with Gasteiger partial charge < -0.3 is 25.2 Å². The molecule has 0 aromatic carbocycles. The van der Waals surface area contributed by atoms with Crippen molar-refractivity contribution in [2.45, 2.75) is 31.4 Å². The molecule has 0 spiro atoms. The minimum absolute atomic E-state index is 0. The fraction of sp³-hybridized carbons (Fsp3) is 0.632. The molecule has 2 unspecified atom stereocenters. The van der Waals surface area contributed by atoms with E-state index in [0.717, 1.165) is 44.8 Å². The molecule has 0 saturated carbocycles. The van der Waals surface area contributed by atoms with E-state index in [4.69, 9.17) is 16.3 Å². The number of hydrogen-bond donors (Lipinski definition) is 2. The van der Waals surface area contributed by atoms with Gasteiger partial charge in [0, 0.05) is 52.6 Å². The number of likely N-dealkylation sites (N-methyl/N-ethyl adjacent to an activating group) is 1. The number of ether oxygens (including phenoxy) is 1. The molecule has 3 heterocycles. The van der Waals surface area contributed by atoms with Crippen LogP contribution in [0.25, 0.3) is 0 Å². The number of carbonyl (C=O) groups excluding carboxylic acids is 1. The van der Waals surface area contributed by atoms with Gasteiger partial charge in [-0.1, -0.05) is 11.6 Å². The number of pyridine rings is 1. The van der Waals surface area contributed by atoms with E-state index in [1.165, 1.54) is 0 Å². The third-order valence-corrected chi connectivity index (χ3v) is 5.26. The normalized spacial score (nSPS) is 21.6. The second kappa shape index (κ2) is 11.8. The fourth-order valence-electron chi connectivity index (χ4n) is 3.33. The smallest absolute Gasteiger partial charge is 0.243 e. The first-order chi connectivity index (χ1) is 13.5.